The Kier molecular flexibility index (Phi) is 3.98. The van der Waals surface area contributed by atoms with Crippen molar-refractivity contribution in [1.82, 2.24) is 19.3 Å². The topological polar surface area (TPSA) is 62.6 Å². The van der Waals surface area contributed by atoms with E-state index < -0.39 is 0 Å². The highest BCUT2D eigenvalue weighted by Gasteiger charge is 2.29. The molecule has 5 rings (SSSR count). The zero-order chi connectivity index (χ0) is 18.4. The van der Waals surface area contributed by atoms with E-state index in [-0.39, 0.29) is 11.7 Å². The molecule has 7 heteroatoms. The number of fused-ring (bicyclic) bond motifs is 2. The Bertz CT molecular complexity index is 1170. The normalized spacial score (nSPS) is 15.4. The highest BCUT2D eigenvalue weighted by atomic mass is 32.1. The standard InChI is InChI=1S/C20H20N4O2S/c1-2-13-7-18-17(22-20(13)25)8-16(27-18)12-23-9-15(10-23)26-14-3-4-19-21-5-6-24(19)11-14/h3-8,11,15H,2,9-10,12H2,1H3,(H,22,25). The molecule has 0 atom stereocenters. The number of imidazole rings is 1. The van der Waals surface area contributed by atoms with Gasteiger partial charge in [-0.3, -0.25) is 9.69 Å². The van der Waals surface area contributed by atoms with Crippen LogP contribution in [-0.4, -0.2) is 38.5 Å². The lowest BCUT2D eigenvalue weighted by Gasteiger charge is -2.38. The summed E-state index contributed by atoms with van der Waals surface area (Å²) >= 11 is 1.76. The van der Waals surface area contributed by atoms with Gasteiger partial charge in [0.05, 0.1) is 16.4 Å². The first-order chi connectivity index (χ1) is 13.2. The maximum Gasteiger partial charge on any atom is 0.251 e. The highest BCUT2D eigenvalue weighted by Crippen LogP contribution is 2.27. The van der Waals surface area contributed by atoms with E-state index in [2.05, 4.69) is 20.9 Å². The van der Waals surface area contributed by atoms with Crippen molar-refractivity contribution in [1.29, 1.82) is 0 Å². The number of thiophene rings is 1. The van der Waals surface area contributed by atoms with Crippen LogP contribution in [0.15, 0.2) is 47.7 Å². The average Bonchev–Trinajstić information content (AvgIpc) is 3.24. The van der Waals surface area contributed by atoms with Crippen LogP contribution >= 0.6 is 11.3 Å². The van der Waals surface area contributed by atoms with Gasteiger partial charge in [0.15, 0.2) is 0 Å². The third-order valence-corrected chi connectivity index (χ3v) is 6.07. The summed E-state index contributed by atoms with van der Waals surface area (Å²) in [6, 6.07) is 8.06. The quantitative estimate of drug-likeness (QED) is 0.578. The Labute approximate surface area is 160 Å². The zero-order valence-electron chi connectivity index (χ0n) is 15.0. The van der Waals surface area contributed by atoms with Crippen molar-refractivity contribution in [2.75, 3.05) is 13.1 Å². The molecule has 0 aromatic carbocycles. The van der Waals surface area contributed by atoms with Crippen LogP contribution in [0.1, 0.15) is 17.4 Å². The van der Waals surface area contributed by atoms with E-state index in [9.17, 15) is 4.79 Å². The number of H-pyrrole nitrogens is 1. The van der Waals surface area contributed by atoms with Crippen molar-refractivity contribution in [3.63, 3.8) is 0 Å². The number of rotatable bonds is 5. The molecule has 4 aromatic heterocycles. The van der Waals surface area contributed by atoms with Gasteiger partial charge in [-0.05, 0) is 30.7 Å². The fourth-order valence-corrected chi connectivity index (χ4v) is 4.67. The summed E-state index contributed by atoms with van der Waals surface area (Å²) in [7, 11) is 0. The maximum atomic E-state index is 12.0. The Morgan fingerprint density at radius 3 is 3.07 bits per heavy atom. The van der Waals surface area contributed by atoms with Crippen LogP contribution in [0.2, 0.25) is 0 Å². The van der Waals surface area contributed by atoms with E-state index in [1.165, 1.54) is 4.88 Å². The molecule has 138 valence electrons. The van der Waals surface area contributed by atoms with E-state index in [1.54, 1.807) is 17.5 Å². The maximum absolute atomic E-state index is 12.0. The average molecular weight is 380 g/mol. The summed E-state index contributed by atoms with van der Waals surface area (Å²) in [5.41, 5.74) is 2.75. The van der Waals surface area contributed by atoms with Gasteiger partial charge in [-0.1, -0.05) is 6.92 Å². The molecule has 0 amide bonds. The Morgan fingerprint density at radius 1 is 1.33 bits per heavy atom. The lowest BCUT2D eigenvalue weighted by atomic mass is 10.1. The Balaban J connectivity index is 1.22. The van der Waals surface area contributed by atoms with Crippen molar-refractivity contribution in [2.45, 2.75) is 26.0 Å². The molecular weight excluding hydrogens is 360 g/mol. The molecule has 0 unspecified atom stereocenters. The summed E-state index contributed by atoms with van der Waals surface area (Å²) in [5, 5.41) is 0. The molecule has 1 aliphatic heterocycles. The van der Waals surface area contributed by atoms with Crippen LogP contribution in [-0.2, 0) is 13.0 Å². The molecule has 6 nitrogen and oxygen atoms in total. The molecule has 1 fully saturated rings. The lowest BCUT2D eigenvalue weighted by molar-refractivity contribution is 0.0150. The van der Waals surface area contributed by atoms with Gasteiger partial charge < -0.3 is 14.1 Å². The molecule has 0 spiro atoms. The zero-order valence-corrected chi connectivity index (χ0v) is 15.8. The monoisotopic (exact) mass is 380 g/mol. The third kappa shape index (κ3) is 3.13. The molecule has 0 bridgehead atoms. The fraction of sp³-hybridized carbons (Fsp3) is 0.300. The highest BCUT2D eigenvalue weighted by molar-refractivity contribution is 7.19. The molecule has 1 N–H and O–H groups in total. The van der Waals surface area contributed by atoms with Crippen LogP contribution in [0.4, 0.5) is 0 Å². The first kappa shape index (κ1) is 16.5. The van der Waals surface area contributed by atoms with Gasteiger partial charge in [0.2, 0.25) is 0 Å². The molecular formula is C20H20N4O2S. The van der Waals surface area contributed by atoms with Gasteiger partial charge in [-0.2, -0.15) is 0 Å². The molecule has 27 heavy (non-hydrogen) atoms. The van der Waals surface area contributed by atoms with E-state index >= 15 is 0 Å². The predicted molar refractivity (Wildman–Crippen MR) is 107 cm³/mol. The van der Waals surface area contributed by atoms with Crippen molar-refractivity contribution in [3.05, 3.63) is 63.7 Å². The Morgan fingerprint density at radius 2 is 2.22 bits per heavy atom. The smallest absolute Gasteiger partial charge is 0.251 e. The minimum absolute atomic E-state index is 0.0293. The third-order valence-electron chi connectivity index (χ3n) is 5.01. The molecule has 0 saturated carbocycles. The molecule has 1 aliphatic rings. The SMILES string of the molecule is CCc1cc2sc(CN3CC(Oc4ccc5nccn5c4)C3)cc2[nH]c1=O. The largest absolute Gasteiger partial charge is 0.486 e. The number of hydrogen-bond acceptors (Lipinski definition) is 5. The number of likely N-dealkylation sites (tertiary alicyclic amines) is 1. The molecule has 5 heterocycles. The van der Waals surface area contributed by atoms with Crippen molar-refractivity contribution in [3.8, 4) is 5.75 Å². The van der Waals surface area contributed by atoms with Gasteiger partial charge >= 0.3 is 0 Å². The second-order valence-electron chi connectivity index (χ2n) is 6.96. The van der Waals surface area contributed by atoms with E-state index in [0.717, 1.165) is 53.2 Å². The summed E-state index contributed by atoms with van der Waals surface area (Å²) in [4.78, 5) is 22.8. The number of pyridine rings is 2. The van der Waals surface area contributed by atoms with Crippen LogP contribution < -0.4 is 10.3 Å². The van der Waals surface area contributed by atoms with Gasteiger partial charge in [-0.15, -0.1) is 11.3 Å². The predicted octanol–water partition coefficient (Wildman–Crippen LogP) is 3.06. The van der Waals surface area contributed by atoms with Crippen LogP contribution in [0.5, 0.6) is 5.75 Å². The van der Waals surface area contributed by atoms with Gasteiger partial charge in [0, 0.05) is 42.5 Å². The number of nitrogens with zero attached hydrogens (tertiary/aromatic N) is 3. The van der Waals surface area contributed by atoms with E-state index in [0.29, 0.717) is 0 Å². The van der Waals surface area contributed by atoms with Crippen LogP contribution in [0.25, 0.3) is 15.9 Å². The van der Waals surface area contributed by atoms with Gasteiger partial charge in [0.25, 0.3) is 5.56 Å². The van der Waals surface area contributed by atoms with Crippen LogP contribution in [0.3, 0.4) is 0 Å². The number of aryl methyl sites for hydroxylation is 1. The molecule has 0 radical (unpaired) electrons. The van der Waals surface area contributed by atoms with Crippen molar-refractivity contribution in [2.24, 2.45) is 0 Å². The molecule has 4 aromatic rings. The molecule has 1 saturated heterocycles. The second-order valence-corrected chi connectivity index (χ2v) is 8.13. The summed E-state index contributed by atoms with van der Waals surface area (Å²) < 4.78 is 9.19. The number of aromatic nitrogens is 3. The van der Waals surface area contributed by atoms with E-state index in [1.807, 2.05) is 41.9 Å². The van der Waals surface area contributed by atoms with Crippen LogP contribution in [0, 0.1) is 0 Å². The molecule has 0 aliphatic carbocycles. The summed E-state index contributed by atoms with van der Waals surface area (Å²) in [5.74, 6) is 0.872. The minimum atomic E-state index is 0.0293. The minimum Gasteiger partial charge on any atom is -0.486 e. The second kappa shape index (κ2) is 6.51. The fourth-order valence-electron chi connectivity index (χ4n) is 3.54. The number of hydrogen-bond donors (Lipinski definition) is 1. The lowest BCUT2D eigenvalue weighted by Crippen LogP contribution is -2.52. The summed E-state index contributed by atoms with van der Waals surface area (Å²) in [6.07, 6.45) is 6.65. The Hall–Kier alpha value is -2.64. The number of aromatic amines is 1. The van der Waals surface area contributed by atoms with Gasteiger partial charge in [0.1, 0.15) is 17.5 Å². The number of ether oxygens (including phenoxy) is 1. The van der Waals surface area contributed by atoms with Crippen molar-refractivity contribution >= 4 is 27.2 Å². The first-order valence-electron chi connectivity index (χ1n) is 9.14. The van der Waals surface area contributed by atoms with E-state index in [4.69, 9.17) is 4.74 Å². The van der Waals surface area contributed by atoms with Gasteiger partial charge in [-0.25, -0.2) is 4.98 Å². The van der Waals surface area contributed by atoms with Crippen molar-refractivity contribution < 1.29 is 4.74 Å². The summed E-state index contributed by atoms with van der Waals surface area (Å²) in [6.45, 7) is 4.72. The first-order valence-corrected chi connectivity index (χ1v) is 9.96. The number of nitrogens with one attached hydrogen (secondary N) is 1.